The smallest absolute Gasteiger partial charge is 0.225 e. The van der Waals surface area contributed by atoms with Crippen LogP contribution in [0.1, 0.15) is 48.5 Å². The summed E-state index contributed by atoms with van der Waals surface area (Å²) in [4.78, 5) is 27.1. The zero-order valence-corrected chi connectivity index (χ0v) is 15.7. The van der Waals surface area contributed by atoms with E-state index < -0.39 is 0 Å². The number of nitrogens with one attached hydrogen (secondary N) is 1. The molecule has 0 spiro atoms. The third-order valence-corrected chi connectivity index (χ3v) is 5.17. The zero-order valence-electron chi connectivity index (χ0n) is 15.7. The van der Waals surface area contributed by atoms with Crippen molar-refractivity contribution >= 4 is 11.8 Å². The van der Waals surface area contributed by atoms with Crippen LogP contribution >= 0.6 is 0 Å². The highest BCUT2D eigenvalue weighted by Gasteiger charge is 2.41. The van der Waals surface area contributed by atoms with E-state index in [-0.39, 0.29) is 23.8 Å². The molecular weight excluding hydrogens is 334 g/mol. The predicted octanol–water partition coefficient (Wildman–Crippen LogP) is 1.64. The number of amides is 2. The van der Waals surface area contributed by atoms with Crippen molar-refractivity contribution in [3.05, 3.63) is 35.0 Å². The molecule has 0 radical (unpaired) electrons. The van der Waals surface area contributed by atoms with E-state index in [9.17, 15) is 9.59 Å². The van der Waals surface area contributed by atoms with Gasteiger partial charge in [-0.3, -0.25) is 14.3 Å². The molecule has 1 fully saturated rings. The van der Waals surface area contributed by atoms with Crippen LogP contribution in [-0.2, 0) is 23.2 Å². The van der Waals surface area contributed by atoms with Crippen molar-refractivity contribution in [1.82, 2.24) is 25.2 Å². The molecule has 2 atom stereocenters. The van der Waals surface area contributed by atoms with E-state index in [1.54, 1.807) is 15.8 Å². The summed E-state index contributed by atoms with van der Waals surface area (Å²) >= 11 is 0. The van der Waals surface area contributed by atoms with Gasteiger partial charge in [0, 0.05) is 38.3 Å². The highest BCUT2D eigenvalue weighted by Crippen LogP contribution is 2.36. The van der Waals surface area contributed by atoms with Crippen molar-refractivity contribution in [3.8, 4) is 0 Å². The molecule has 0 bridgehead atoms. The number of hydrogen-bond donors (Lipinski definition) is 1. The van der Waals surface area contributed by atoms with E-state index >= 15 is 0 Å². The van der Waals surface area contributed by atoms with Gasteiger partial charge in [-0.1, -0.05) is 5.16 Å². The second-order valence-corrected chi connectivity index (χ2v) is 6.67. The standard InChI is InChI=1S/C18H25N5O3/c1-5-23-16(24)7-6-13(17(23)15-8-9-20-22(15)4)18(25)19-10-14-11(2)21-26-12(14)3/h8-9,13,17H,5-7,10H2,1-4H3,(H,19,25)/t13-,17-/m0/s1. The molecule has 0 unspecified atom stereocenters. The maximum atomic E-state index is 13.0. The van der Waals surface area contributed by atoms with Crippen LogP contribution < -0.4 is 5.32 Å². The third kappa shape index (κ3) is 3.23. The van der Waals surface area contributed by atoms with Crippen molar-refractivity contribution in [2.75, 3.05) is 6.54 Å². The summed E-state index contributed by atoms with van der Waals surface area (Å²) in [7, 11) is 1.83. The number of nitrogens with zero attached hydrogens (tertiary/aromatic N) is 4. The first-order chi connectivity index (χ1) is 12.4. The van der Waals surface area contributed by atoms with Gasteiger partial charge in [0.1, 0.15) is 5.76 Å². The van der Waals surface area contributed by atoms with Gasteiger partial charge in [-0.25, -0.2) is 0 Å². The molecule has 2 aromatic rings. The molecule has 1 saturated heterocycles. The Labute approximate surface area is 152 Å². The van der Waals surface area contributed by atoms with E-state index in [1.807, 2.05) is 33.9 Å². The SMILES string of the molecule is CCN1C(=O)CC[C@H](C(=O)NCc2c(C)noc2C)[C@H]1c1ccnn1C. The average Bonchev–Trinajstić information content (AvgIpc) is 3.18. The summed E-state index contributed by atoms with van der Waals surface area (Å²) in [5.41, 5.74) is 2.55. The summed E-state index contributed by atoms with van der Waals surface area (Å²) < 4.78 is 6.89. The minimum Gasteiger partial charge on any atom is -0.361 e. The monoisotopic (exact) mass is 359 g/mol. The minimum atomic E-state index is -0.316. The summed E-state index contributed by atoms with van der Waals surface area (Å²) in [5, 5.41) is 11.1. The van der Waals surface area contributed by atoms with Crippen molar-refractivity contribution < 1.29 is 14.1 Å². The topological polar surface area (TPSA) is 93.3 Å². The lowest BCUT2D eigenvalue weighted by atomic mass is 9.85. The number of piperidine rings is 1. The molecule has 26 heavy (non-hydrogen) atoms. The van der Waals surface area contributed by atoms with E-state index in [4.69, 9.17) is 4.52 Å². The van der Waals surface area contributed by atoms with Crippen LogP contribution in [0.4, 0.5) is 0 Å². The second-order valence-electron chi connectivity index (χ2n) is 6.67. The van der Waals surface area contributed by atoms with E-state index in [0.29, 0.717) is 31.7 Å². The van der Waals surface area contributed by atoms with Crippen LogP contribution in [0.2, 0.25) is 0 Å². The van der Waals surface area contributed by atoms with Gasteiger partial charge in [-0.05, 0) is 33.3 Å². The Morgan fingerprint density at radius 3 is 2.77 bits per heavy atom. The lowest BCUT2D eigenvalue weighted by Gasteiger charge is -2.40. The van der Waals surface area contributed by atoms with Crippen LogP contribution in [0.25, 0.3) is 0 Å². The Morgan fingerprint density at radius 1 is 1.42 bits per heavy atom. The molecule has 2 amide bonds. The van der Waals surface area contributed by atoms with Crippen LogP contribution in [-0.4, -0.2) is 38.2 Å². The number of likely N-dealkylation sites (tertiary alicyclic amines) is 1. The second kappa shape index (κ2) is 7.31. The van der Waals surface area contributed by atoms with Crippen LogP contribution in [0.5, 0.6) is 0 Å². The molecule has 1 N–H and O–H groups in total. The first kappa shape index (κ1) is 18.2. The fraction of sp³-hybridized carbons (Fsp3) is 0.556. The predicted molar refractivity (Wildman–Crippen MR) is 93.9 cm³/mol. The van der Waals surface area contributed by atoms with Gasteiger partial charge in [-0.2, -0.15) is 5.10 Å². The van der Waals surface area contributed by atoms with Gasteiger partial charge < -0.3 is 14.7 Å². The van der Waals surface area contributed by atoms with Crippen LogP contribution in [0.3, 0.4) is 0 Å². The lowest BCUT2D eigenvalue weighted by molar-refractivity contribution is -0.143. The summed E-state index contributed by atoms with van der Waals surface area (Å²) in [6.07, 6.45) is 2.60. The lowest BCUT2D eigenvalue weighted by Crippen LogP contribution is -2.48. The fourth-order valence-electron chi connectivity index (χ4n) is 3.70. The van der Waals surface area contributed by atoms with Crippen LogP contribution in [0, 0.1) is 19.8 Å². The maximum absolute atomic E-state index is 13.0. The molecule has 1 aliphatic rings. The van der Waals surface area contributed by atoms with Gasteiger partial charge in [0.2, 0.25) is 11.8 Å². The van der Waals surface area contributed by atoms with Crippen molar-refractivity contribution in [2.24, 2.45) is 13.0 Å². The molecule has 3 heterocycles. The van der Waals surface area contributed by atoms with Gasteiger partial charge in [-0.15, -0.1) is 0 Å². The Balaban J connectivity index is 1.82. The normalized spacial score (nSPS) is 20.5. The van der Waals surface area contributed by atoms with Crippen molar-refractivity contribution in [1.29, 1.82) is 0 Å². The van der Waals surface area contributed by atoms with Gasteiger partial charge in [0.15, 0.2) is 0 Å². The van der Waals surface area contributed by atoms with Gasteiger partial charge in [0.05, 0.1) is 23.3 Å². The molecular formula is C18H25N5O3. The van der Waals surface area contributed by atoms with Crippen molar-refractivity contribution in [3.63, 3.8) is 0 Å². The van der Waals surface area contributed by atoms with E-state index in [0.717, 1.165) is 17.0 Å². The zero-order chi connectivity index (χ0) is 18.8. The quantitative estimate of drug-likeness (QED) is 0.876. The highest BCUT2D eigenvalue weighted by atomic mass is 16.5. The third-order valence-electron chi connectivity index (χ3n) is 5.17. The first-order valence-electron chi connectivity index (χ1n) is 8.90. The molecule has 0 saturated carbocycles. The van der Waals surface area contributed by atoms with Gasteiger partial charge in [0.25, 0.3) is 0 Å². The minimum absolute atomic E-state index is 0.0675. The Bertz CT molecular complexity index is 790. The van der Waals surface area contributed by atoms with Crippen LogP contribution in [0.15, 0.2) is 16.8 Å². The molecule has 2 aromatic heterocycles. The molecule has 8 nitrogen and oxygen atoms in total. The van der Waals surface area contributed by atoms with E-state index in [2.05, 4.69) is 15.6 Å². The molecule has 140 valence electrons. The molecule has 1 aliphatic heterocycles. The highest BCUT2D eigenvalue weighted by molar-refractivity contribution is 5.85. The number of aryl methyl sites for hydroxylation is 3. The summed E-state index contributed by atoms with van der Waals surface area (Å²) in [5.74, 6) is 0.402. The number of aromatic nitrogens is 3. The largest absolute Gasteiger partial charge is 0.361 e. The number of carbonyl (C=O) groups is 2. The van der Waals surface area contributed by atoms with Crippen molar-refractivity contribution in [2.45, 2.75) is 46.2 Å². The van der Waals surface area contributed by atoms with Gasteiger partial charge >= 0.3 is 0 Å². The number of rotatable bonds is 5. The maximum Gasteiger partial charge on any atom is 0.225 e. The first-order valence-corrected chi connectivity index (χ1v) is 8.90. The summed E-state index contributed by atoms with van der Waals surface area (Å²) in [6.45, 7) is 6.55. The molecule has 3 rings (SSSR count). The Kier molecular flexibility index (Phi) is 5.11. The Hall–Kier alpha value is -2.64. The Morgan fingerprint density at radius 2 is 2.19 bits per heavy atom. The fourth-order valence-corrected chi connectivity index (χ4v) is 3.70. The molecule has 8 heteroatoms. The molecule has 0 aliphatic carbocycles. The number of hydrogen-bond acceptors (Lipinski definition) is 5. The van der Waals surface area contributed by atoms with E-state index in [1.165, 1.54) is 0 Å². The average molecular weight is 359 g/mol. The molecule has 0 aromatic carbocycles. The summed E-state index contributed by atoms with van der Waals surface area (Å²) in [6, 6.07) is 1.57. The number of carbonyl (C=O) groups excluding carboxylic acids is 2.